The lowest BCUT2D eigenvalue weighted by atomic mass is 9.73. The fraction of sp³-hybridized carbons (Fsp3) is 0.680. The number of nitrogens with zero attached hydrogens (tertiary/aromatic N) is 2. The van der Waals surface area contributed by atoms with Crippen LogP contribution in [0, 0.1) is 11.3 Å². The van der Waals surface area contributed by atoms with E-state index < -0.39 is 23.1 Å². The topological polar surface area (TPSA) is 70.1 Å². The number of hydrogen-bond donors (Lipinski definition) is 1. The third-order valence-corrected chi connectivity index (χ3v) is 8.81. The summed E-state index contributed by atoms with van der Waals surface area (Å²) in [6.07, 6.45) is -0.232. The maximum Gasteiger partial charge on any atom is 0.416 e. The van der Waals surface area contributed by atoms with Gasteiger partial charge in [-0.3, -0.25) is 14.5 Å². The van der Waals surface area contributed by atoms with Gasteiger partial charge in [-0.25, -0.2) is 0 Å². The van der Waals surface area contributed by atoms with Crippen molar-refractivity contribution in [2.45, 2.75) is 76.3 Å². The fourth-order valence-electron chi connectivity index (χ4n) is 6.97. The van der Waals surface area contributed by atoms with Crippen LogP contribution in [0.25, 0.3) is 0 Å². The van der Waals surface area contributed by atoms with Crippen molar-refractivity contribution in [3.8, 4) is 0 Å². The van der Waals surface area contributed by atoms with Crippen molar-refractivity contribution in [3.63, 3.8) is 0 Å². The minimum absolute atomic E-state index is 0.00570. The van der Waals surface area contributed by atoms with Gasteiger partial charge in [0.2, 0.25) is 5.91 Å². The molecule has 3 fully saturated rings. The highest BCUT2D eigenvalue weighted by molar-refractivity contribution is 5.87. The highest BCUT2D eigenvalue weighted by Crippen LogP contribution is 2.55. The Kier molecular flexibility index (Phi) is 5.91. The van der Waals surface area contributed by atoms with E-state index in [1.54, 1.807) is 11.0 Å². The van der Waals surface area contributed by atoms with Crippen molar-refractivity contribution >= 4 is 11.9 Å². The number of aliphatic carboxylic acids is 1. The molecule has 2 unspecified atom stereocenters. The Morgan fingerprint density at radius 2 is 1.94 bits per heavy atom. The van der Waals surface area contributed by atoms with Crippen LogP contribution in [-0.4, -0.2) is 64.7 Å². The molecule has 5 rings (SSSR count). The molecule has 4 aliphatic rings. The lowest BCUT2D eigenvalue weighted by molar-refractivity contribution is -0.140. The van der Waals surface area contributed by atoms with Gasteiger partial charge in [-0.05, 0) is 67.7 Å². The number of rotatable bonds is 4. The predicted molar refractivity (Wildman–Crippen MR) is 117 cm³/mol. The first-order valence-electron chi connectivity index (χ1n) is 12.2. The van der Waals surface area contributed by atoms with Crippen molar-refractivity contribution in [3.05, 3.63) is 34.9 Å². The maximum atomic E-state index is 13.8. The van der Waals surface area contributed by atoms with E-state index in [9.17, 15) is 27.9 Å². The summed E-state index contributed by atoms with van der Waals surface area (Å²) in [6, 6.07) is 3.98. The van der Waals surface area contributed by atoms with E-state index in [0.717, 1.165) is 30.9 Å². The second-order valence-corrected chi connectivity index (χ2v) is 10.4. The van der Waals surface area contributed by atoms with E-state index >= 15 is 0 Å². The van der Waals surface area contributed by atoms with Gasteiger partial charge >= 0.3 is 12.1 Å². The number of carboxylic acid groups (broad SMARTS) is 1. The Morgan fingerprint density at radius 3 is 2.62 bits per heavy atom. The summed E-state index contributed by atoms with van der Waals surface area (Å²) in [5, 5.41) is 9.56. The van der Waals surface area contributed by atoms with E-state index in [0.29, 0.717) is 38.0 Å². The van der Waals surface area contributed by atoms with Crippen LogP contribution in [0.2, 0.25) is 0 Å². The summed E-state index contributed by atoms with van der Waals surface area (Å²) >= 11 is 0. The number of amides is 1. The van der Waals surface area contributed by atoms with Crippen LogP contribution in [0.4, 0.5) is 13.2 Å². The Labute approximate surface area is 197 Å². The van der Waals surface area contributed by atoms with E-state index in [2.05, 4.69) is 11.8 Å². The SMILES string of the molecule is CC1C2Cc3ccc(C(F)(F)F)cc3CN2C(=O)[C@]12CC[C@@H](N(CC(=O)O)C1CCOCC1)C2. The van der Waals surface area contributed by atoms with E-state index in [-0.39, 0.29) is 43.0 Å². The maximum absolute atomic E-state index is 13.8. The molecule has 1 aliphatic carbocycles. The zero-order chi connectivity index (χ0) is 24.3. The molecule has 186 valence electrons. The average molecular weight is 481 g/mol. The number of carbonyl (C=O) groups is 2. The van der Waals surface area contributed by atoms with E-state index in [1.807, 2.05) is 0 Å². The molecule has 4 atom stereocenters. The van der Waals surface area contributed by atoms with Gasteiger partial charge in [0.25, 0.3) is 0 Å². The van der Waals surface area contributed by atoms with Gasteiger partial charge in [0.05, 0.1) is 17.5 Å². The second kappa shape index (κ2) is 8.52. The lowest BCUT2D eigenvalue weighted by Gasteiger charge is -2.38. The van der Waals surface area contributed by atoms with E-state index in [1.165, 1.54) is 6.07 Å². The molecule has 1 saturated carbocycles. The number of halogens is 3. The minimum Gasteiger partial charge on any atom is -0.480 e. The summed E-state index contributed by atoms with van der Waals surface area (Å²) in [6.45, 7) is 3.48. The summed E-state index contributed by atoms with van der Waals surface area (Å²) in [5.74, 6) is -0.786. The van der Waals surface area contributed by atoms with Crippen LogP contribution in [0.3, 0.4) is 0 Å². The number of carboxylic acids is 1. The van der Waals surface area contributed by atoms with Crippen LogP contribution in [0.1, 0.15) is 55.7 Å². The van der Waals surface area contributed by atoms with Crippen LogP contribution in [-0.2, 0) is 33.5 Å². The first-order chi connectivity index (χ1) is 16.1. The van der Waals surface area contributed by atoms with Crippen LogP contribution >= 0.6 is 0 Å². The molecule has 1 spiro atoms. The molecule has 0 radical (unpaired) electrons. The summed E-state index contributed by atoms with van der Waals surface area (Å²) in [5.41, 5.74) is 0.204. The molecule has 0 bridgehead atoms. The van der Waals surface area contributed by atoms with Crippen molar-refractivity contribution < 1.29 is 32.6 Å². The van der Waals surface area contributed by atoms with Gasteiger partial charge < -0.3 is 14.7 Å². The van der Waals surface area contributed by atoms with Gasteiger partial charge in [-0.15, -0.1) is 0 Å². The average Bonchev–Trinajstić information content (AvgIpc) is 3.33. The van der Waals surface area contributed by atoms with Gasteiger partial charge in [0.15, 0.2) is 0 Å². The summed E-state index contributed by atoms with van der Waals surface area (Å²) < 4.78 is 45.2. The number of fused-ring (bicyclic) bond motifs is 2. The van der Waals surface area contributed by atoms with Crippen molar-refractivity contribution in [2.24, 2.45) is 11.3 Å². The molecule has 1 aromatic rings. The quantitative estimate of drug-likeness (QED) is 0.712. The number of hydrogen-bond acceptors (Lipinski definition) is 4. The summed E-state index contributed by atoms with van der Waals surface area (Å²) in [4.78, 5) is 29.3. The van der Waals surface area contributed by atoms with Gasteiger partial charge in [-0.2, -0.15) is 13.2 Å². The molecule has 2 saturated heterocycles. The molecular weight excluding hydrogens is 449 g/mol. The van der Waals surface area contributed by atoms with Crippen LogP contribution in [0.5, 0.6) is 0 Å². The number of carbonyl (C=O) groups excluding carboxylic acids is 1. The third-order valence-electron chi connectivity index (χ3n) is 8.81. The van der Waals surface area contributed by atoms with Crippen LogP contribution < -0.4 is 0 Å². The Balaban J connectivity index is 1.38. The standard InChI is InChI=1S/C25H31F3N2O4/c1-15-21-11-16-2-3-18(25(26,27)28)10-17(16)13-30(21)23(33)24(15)7-4-20(12-24)29(14-22(31)32)19-5-8-34-9-6-19/h2-3,10,15,19-21H,4-9,11-14H2,1H3,(H,31,32)/t15?,20-,21?,24+/m1/s1. The zero-order valence-electron chi connectivity index (χ0n) is 19.3. The molecular formula is C25H31F3N2O4. The van der Waals surface area contributed by atoms with Gasteiger partial charge in [0, 0.05) is 37.9 Å². The second-order valence-electron chi connectivity index (χ2n) is 10.4. The smallest absolute Gasteiger partial charge is 0.416 e. The monoisotopic (exact) mass is 480 g/mol. The molecule has 1 aromatic carbocycles. The van der Waals surface area contributed by atoms with Crippen molar-refractivity contribution in [2.75, 3.05) is 19.8 Å². The van der Waals surface area contributed by atoms with E-state index in [4.69, 9.17) is 4.74 Å². The first kappa shape index (κ1) is 23.6. The summed E-state index contributed by atoms with van der Waals surface area (Å²) in [7, 11) is 0. The highest BCUT2D eigenvalue weighted by atomic mass is 19.4. The number of ether oxygens (including phenoxy) is 1. The number of benzene rings is 1. The Bertz CT molecular complexity index is 977. The third kappa shape index (κ3) is 3.90. The molecule has 1 N–H and O–H groups in total. The zero-order valence-corrected chi connectivity index (χ0v) is 19.3. The molecule has 34 heavy (non-hydrogen) atoms. The van der Waals surface area contributed by atoms with Gasteiger partial charge in [0.1, 0.15) is 0 Å². The molecule has 9 heteroatoms. The Morgan fingerprint density at radius 1 is 1.21 bits per heavy atom. The largest absolute Gasteiger partial charge is 0.480 e. The van der Waals surface area contributed by atoms with Crippen molar-refractivity contribution in [1.82, 2.24) is 9.80 Å². The first-order valence-corrected chi connectivity index (χ1v) is 12.2. The molecule has 1 amide bonds. The lowest BCUT2D eigenvalue weighted by Crippen LogP contribution is -2.48. The minimum atomic E-state index is -4.41. The molecule has 0 aromatic heterocycles. The Hall–Kier alpha value is -2.13. The molecule has 3 heterocycles. The van der Waals surface area contributed by atoms with Gasteiger partial charge in [-0.1, -0.05) is 13.0 Å². The predicted octanol–water partition coefficient (Wildman–Crippen LogP) is 3.71. The highest BCUT2D eigenvalue weighted by Gasteiger charge is 2.61. The normalized spacial score (nSPS) is 31.9. The van der Waals surface area contributed by atoms with Crippen molar-refractivity contribution in [1.29, 1.82) is 0 Å². The number of alkyl halides is 3. The molecule has 6 nitrogen and oxygen atoms in total. The fourth-order valence-corrected chi connectivity index (χ4v) is 6.97. The van der Waals surface area contributed by atoms with Crippen LogP contribution in [0.15, 0.2) is 18.2 Å². The molecule has 3 aliphatic heterocycles.